The zero-order chi connectivity index (χ0) is 22.6. The summed E-state index contributed by atoms with van der Waals surface area (Å²) in [5.41, 5.74) is 0. The Balaban J connectivity index is 1.76. The summed E-state index contributed by atoms with van der Waals surface area (Å²) in [6.45, 7) is -1.46. The first-order valence-corrected chi connectivity index (χ1v) is 11.5. The number of sulfonamides is 1. The van der Waals surface area contributed by atoms with E-state index < -0.39 is 28.8 Å². The van der Waals surface area contributed by atoms with Crippen LogP contribution in [0.1, 0.15) is 25.7 Å². The molecule has 0 saturated heterocycles. The van der Waals surface area contributed by atoms with Crippen molar-refractivity contribution in [2.24, 2.45) is 11.8 Å². The molecule has 0 aliphatic heterocycles. The number of fused-ring (bicyclic) bond motifs is 1. The zero-order valence-corrected chi connectivity index (χ0v) is 17.6. The second-order valence-corrected chi connectivity index (χ2v) is 9.93. The lowest BCUT2D eigenvalue weighted by molar-refractivity contribution is -0.137. The van der Waals surface area contributed by atoms with Crippen molar-refractivity contribution < 1.29 is 31.5 Å². The van der Waals surface area contributed by atoms with E-state index >= 15 is 0 Å². The number of carbonyl (C=O) groups is 1. The van der Waals surface area contributed by atoms with Gasteiger partial charge in [-0.15, -0.1) is 0 Å². The van der Waals surface area contributed by atoms with Gasteiger partial charge in [0, 0.05) is 13.1 Å². The predicted octanol–water partition coefficient (Wildman–Crippen LogP) is 4.47. The van der Waals surface area contributed by atoms with Gasteiger partial charge in [-0.05, 0) is 60.4 Å². The lowest BCUT2D eigenvalue weighted by Gasteiger charge is -2.32. The molecule has 0 atom stereocenters. The fourth-order valence-electron chi connectivity index (χ4n) is 4.06. The Morgan fingerprint density at radius 3 is 2.26 bits per heavy atom. The highest BCUT2D eigenvalue weighted by Crippen LogP contribution is 2.32. The third kappa shape index (κ3) is 6.33. The molecule has 0 unspecified atom stereocenters. The van der Waals surface area contributed by atoms with Crippen LogP contribution in [0.25, 0.3) is 10.8 Å². The number of amides is 1. The quantitative estimate of drug-likeness (QED) is 0.641. The number of halogens is 3. The third-order valence-electron chi connectivity index (χ3n) is 5.68. The summed E-state index contributed by atoms with van der Waals surface area (Å²) in [6.07, 6.45) is -3.39. The fraction of sp³-hybridized carbons (Fsp3) is 0.476. The molecule has 1 amide bonds. The van der Waals surface area contributed by atoms with Gasteiger partial charge < -0.3 is 10.4 Å². The third-order valence-corrected chi connectivity index (χ3v) is 7.49. The molecule has 1 saturated carbocycles. The SMILES string of the molecule is O=C(O)NC[C@H]1CC[C@H](CN(CC(F)(F)F)S(=O)(=O)c2ccc3ccccc3c2)CC1. The van der Waals surface area contributed by atoms with Gasteiger partial charge in [0.05, 0.1) is 4.90 Å². The number of benzene rings is 2. The minimum atomic E-state index is -4.66. The number of nitrogens with zero attached hydrogens (tertiary/aromatic N) is 1. The van der Waals surface area contributed by atoms with Crippen molar-refractivity contribution in [3.63, 3.8) is 0 Å². The highest BCUT2D eigenvalue weighted by atomic mass is 32.2. The smallest absolute Gasteiger partial charge is 0.404 e. The van der Waals surface area contributed by atoms with Crippen molar-refractivity contribution in [1.29, 1.82) is 0 Å². The van der Waals surface area contributed by atoms with Crippen LogP contribution in [0.4, 0.5) is 18.0 Å². The van der Waals surface area contributed by atoms with Crippen molar-refractivity contribution in [3.05, 3.63) is 42.5 Å². The molecule has 2 aromatic carbocycles. The van der Waals surface area contributed by atoms with Crippen molar-refractivity contribution >= 4 is 26.9 Å². The predicted molar refractivity (Wildman–Crippen MR) is 110 cm³/mol. The van der Waals surface area contributed by atoms with E-state index in [2.05, 4.69) is 5.32 Å². The highest BCUT2D eigenvalue weighted by Gasteiger charge is 2.38. The van der Waals surface area contributed by atoms with Crippen molar-refractivity contribution in [1.82, 2.24) is 9.62 Å². The lowest BCUT2D eigenvalue weighted by Crippen LogP contribution is -2.42. The molecule has 170 valence electrons. The van der Waals surface area contributed by atoms with E-state index in [-0.39, 0.29) is 23.3 Å². The van der Waals surface area contributed by atoms with Gasteiger partial charge in [-0.2, -0.15) is 17.5 Å². The zero-order valence-electron chi connectivity index (χ0n) is 16.8. The first kappa shape index (κ1) is 23.3. The maximum absolute atomic E-state index is 13.2. The number of nitrogens with one attached hydrogen (secondary N) is 1. The van der Waals surface area contributed by atoms with Crippen LogP contribution in [0.3, 0.4) is 0 Å². The lowest BCUT2D eigenvalue weighted by atomic mass is 9.82. The summed E-state index contributed by atoms with van der Waals surface area (Å²) in [7, 11) is -4.34. The summed E-state index contributed by atoms with van der Waals surface area (Å²) >= 11 is 0. The molecule has 31 heavy (non-hydrogen) atoms. The first-order valence-electron chi connectivity index (χ1n) is 10.1. The van der Waals surface area contributed by atoms with E-state index in [1.807, 2.05) is 0 Å². The Morgan fingerprint density at radius 2 is 1.65 bits per heavy atom. The van der Waals surface area contributed by atoms with E-state index in [9.17, 15) is 26.4 Å². The minimum absolute atomic E-state index is 0.112. The maximum Gasteiger partial charge on any atom is 0.404 e. The molecule has 1 aliphatic rings. The van der Waals surface area contributed by atoms with E-state index in [0.717, 1.165) is 5.39 Å². The number of alkyl halides is 3. The molecule has 2 N–H and O–H groups in total. The summed E-state index contributed by atoms with van der Waals surface area (Å²) in [6, 6.07) is 11.4. The second kappa shape index (κ2) is 9.44. The van der Waals surface area contributed by atoms with Crippen LogP contribution in [0.5, 0.6) is 0 Å². The van der Waals surface area contributed by atoms with Crippen LogP contribution < -0.4 is 5.32 Å². The van der Waals surface area contributed by atoms with E-state index in [1.54, 1.807) is 30.3 Å². The van der Waals surface area contributed by atoms with Crippen LogP contribution >= 0.6 is 0 Å². The summed E-state index contributed by atoms with van der Waals surface area (Å²) in [5.74, 6) is -0.0980. The van der Waals surface area contributed by atoms with E-state index in [1.165, 1.54) is 12.1 Å². The second-order valence-electron chi connectivity index (χ2n) is 7.99. The summed E-state index contributed by atoms with van der Waals surface area (Å²) in [5, 5.41) is 12.5. The van der Waals surface area contributed by atoms with Gasteiger partial charge in [-0.25, -0.2) is 13.2 Å². The van der Waals surface area contributed by atoms with Gasteiger partial charge in [0.2, 0.25) is 10.0 Å². The van der Waals surface area contributed by atoms with Crippen LogP contribution in [0, 0.1) is 11.8 Å². The van der Waals surface area contributed by atoms with Gasteiger partial charge in [0.1, 0.15) is 6.54 Å². The molecule has 0 aromatic heterocycles. The molecular weight excluding hydrogens is 433 g/mol. The maximum atomic E-state index is 13.2. The van der Waals surface area contributed by atoms with Crippen molar-refractivity contribution in [2.75, 3.05) is 19.6 Å². The number of rotatable bonds is 7. The molecule has 0 radical (unpaired) electrons. The molecule has 3 rings (SSSR count). The molecule has 10 heteroatoms. The van der Waals surface area contributed by atoms with Gasteiger partial charge >= 0.3 is 12.3 Å². The molecule has 0 spiro atoms. The van der Waals surface area contributed by atoms with Crippen molar-refractivity contribution in [2.45, 2.75) is 36.8 Å². The van der Waals surface area contributed by atoms with Gasteiger partial charge in [0.25, 0.3) is 0 Å². The molecule has 0 bridgehead atoms. The summed E-state index contributed by atoms with van der Waals surface area (Å²) < 4.78 is 66.5. The molecule has 0 heterocycles. The normalized spacial score (nSPS) is 20.1. The van der Waals surface area contributed by atoms with Crippen LogP contribution in [-0.4, -0.2) is 49.7 Å². The van der Waals surface area contributed by atoms with E-state index in [0.29, 0.717) is 41.9 Å². The standard InChI is InChI=1S/C21H25F3N2O4S/c22-21(23,24)14-26(13-16-7-5-15(6-8-16)12-25-20(27)28)31(29,30)19-10-9-17-3-1-2-4-18(17)11-19/h1-4,9-11,15-16,25H,5-8,12-14H2,(H,27,28)/t15-,16-. The van der Waals surface area contributed by atoms with Gasteiger partial charge in [0.15, 0.2) is 0 Å². The first-order chi connectivity index (χ1) is 14.5. The Bertz CT molecular complexity index is 1020. The number of hydrogen-bond donors (Lipinski definition) is 2. The number of hydrogen-bond acceptors (Lipinski definition) is 3. The Kier molecular flexibility index (Phi) is 7.10. The Morgan fingerprint density at radius 1 is 1.03 bits per heavy atom. The van der Waals surface area contributed by atoms with Crippen molar-refractivity contribution in [3.8, 4) is 0 Å². The van der Waals surface area contributed by atoms with Crippen LogP contribution in [-0.2, 0) is 10.0 Å². The molecule has 6 nitrogen and oxygen atoms in total. The molecule has 1 aliphatic carbocycles. The summed E-state index contributed by atoms with van der Waals surface area (Å²) in [4.78, 5) is 10.5. The highest BCUT2D eigenvalue weighted by molar-refractivity contribution is 7.89. The molecule has 1 fully saturated rings. The average Bonchev–Trinajstić information content (AvgIpc) is 2.71. The Labute approximate surface area is 179 Å². The monoisotopic (exact) mass is 458 g/mol. The molecular formula is C21H25F3N2O4S. The average molecular weight is 459 g/mol. The largest absolute Gasteiger partial charge is 0.465 e. The fourth-order valence-corrected chi connectivity index (χ4v) is 5.60. The Hall–Kier alpha value is -2.33. The van der Waals surface area contributed by atoms with E-state index in [4.69, 9.17) is 5.11 Å². The van der Waals surface area contributed by atoms with Crippen LogP contribution in [0.2, 0.25) is 0 Å². The number of carboxylic acid groups (broad SMARTS) is 1. The topological polar surface area (TPSA) is 86.7 Å². The molecule has 2 aromatic rings. The van der Waals surface area contributed by atoms with Crippen LogP contribution in [0.15, 0.2) is 47.4 Å². The van der Waals surface area contributed by atoms with Gasteiger partial charge in [-0.1, -0.05) is 30.3 Å². The minimum Gasteiger partial charge on any atom is -0.465 e. The van der Waals surface area contributed by atoms with Gasteiger partial charge in [-0.3, -0.25) is 0 Å².